The Balaban J connectivity index is 2.94. The van der Waals surface area contributed by atoms with Crippen molar-refractivity contribution in [2.24, 2.45) is 5.92 Å². The van der Waals surface area contributed by atoms with Gasteiger partial charge in [-0.25, -0.2) is 4.79 Å². The van der Waals surface area contributed by atoms with E-state index in [1.807, 2.05) is 0 Å². The van der Waals surface area contributed by atoms with Crippen LogP contribution in [0.4, 0.5) is 5.69 Å². The number of carbonyl (C=O) groups excluding carboxylic acids is 1. The molecule has 0 aliphatic carbocycles. The lowest BCUT2D eigenvalue weighted by atomic mass is 10.0. The second-order valence-electron chi connectivity index (χ2n) is 4.64. The van der Waals surface area contributed by atoms with Crippen LogP contribution in [0, 0.1) is 16.0 Å². The first-order valence-corrected chi connectivity index (χ1v) is 6.08. The third-order valence-corrected chi connectivity index (χ3v) is 2.75. The number of nitro groups is 1. The molecule has 1 aromatic carbocycles. The number of nitrogens with zero attached hydrogens (tertiary/aromatic N) is 1. The molecule has 0 spiro atoms. The first-order chi connectivity index (χ1) is 9.32. The molecule has 0 saturated carbocycles. The number of carboxylic acid groups (broad SMARTS) is 1. The van der Waals surface area contributed by atoms with Gasteiger partial charge in [-0.2, -0.15) is 0 Å². The third kappa shape index (κ3) is 4.04. The number of rotatable bonds is 6. The lowest BCUT2D eigenvalue weighted by molar-refractivity contribution is -0.385. The molecule has 0 saturated heterocycles. The average Bonchev–Trinajstić information content (AvgIpc) is 2.37. The zero-order valence-corrected chi connectivity index (χ0v) is 11.2. The molecule has 1 atom stereocenters. The van der Waals surface area contributed by atoms with Gasteiger partial charge in [-0.05, 0) is 0 Å². The molecule has 7 heteroatoms. The summed E-state index contributed by atoms with van der Waals surface area (Å²) in [4.78, 5) is 33.0. The molecule has 0 radical (unpaired) electrons. The minimum atomic E-state index is -1.22. The molecule has 0 aliphatic rings. The number of amides is 1. The summed E-state index contributed by atoms with van der Waals surface area (Å²) >= 11 is 0. The minimum absolute atomic E-state index is 0.134. The van der Waals surface area contributed by atoms with Crippen LogP contribution in [-0.2, 0) is 16.0 Å². The summed E-state index contributed by atoms with van der Waals surface area (Å²) in [6, 6.07) is 4.69. The van der Waals surface area contributed by atoms with Crippen LogP contribution in [0.25, 0.3) is 0 Å². The van der Waals surface area contributed by atoms with Crippen LogP contribution in [0.5, 0.6) is 0 Å². The molecule has 0 bridgehead atoms. The van der Waals surface area contributed by atoms with Gasteiger partial charge >= 0.3 is 5.97 Å². The molecule has 7 nitrogen and oxygen atoms in total. The summed E-state index contributed by atoms with van der Waals surface area (Å²) in [6.07, 6.45) is -0.134. The molecule has 0 unspecified atom stereocenters. The van der Waals surface area contributed by atoms with E-state index in [9.17, 15) is 19.7 Å². The van der Waals surface area contributed by atoms with E-state index >= 15 is 0 Å². The lowest BCUT2D eigenvalue weighted by Gasteiger charge is -2.16. The van der Waals surface area contributed by atoms with Gasteiger partial charge in [-0.3, -0.25) is 14.9 Å². The molecule has 0 heterocycles. The Kier molecular flexibility index (Phi) is 5.19. The highest BCUT2D eigenvalue weighted by molar-refractivity contribution is 5.84. The van der Waals surface area contributed by atoms with Gasteiger partial charge in [0.15, 0.2) is 0 Å². The molecule has 20 heavy (non-hydrogen) atoms. The van der Waals surface area contributed by atoms with Crippen LogP contribution >= 0.6 is 0 Å². The van der Waals surface area contributed by atoms with Crippen molar-refractivity contribution in [3.05, 3.63) is 39.9 Å². The standard InChI is InChI=1S/C13H16N2O5/c1-8(2)12(16)14-10(13(17)18)7-9-5-3-4-6-11(9)15(19)20/h3-6,8,10H,7H2,1-2H3,(H,14,16)(H,17,18)/t10-/m0/s1. The third-order valence-electron chi connectivity index (χ3n) is 2.75. The SMILES string of the molecule is CC(C)C(=O)N[C@@H](Cc1ccccc1[N+](=O)[O-])C(=O)O. The summed E-state index contributed by atoms with van der Waals surface area (Å²) in [5, 5.41) is 22.4. The fourth-order valence-electron chi connectivity index (χ4n) is 1.62. The van der Waals surface area contributed by atoms with Crippen molar-refractivity contribution in [3.8, 4) is 0 Å². The maximum absolute atomic E-state index is 11.6. The van der Waals surface area contributed by atoms with Crippen LogP contribution in [0.3, 0.4) is 0 Å². The maximum atomic E-state index is 11.6. The van der Waals surface area contributed by atoms with E-state index in [2.05, 4.69) is 5.32 Å². The lowest BCUT2D eigenvalue weighted by Crippen LogP contribution is -2.44. The molecule has 0 aliphatic heterocycles. The van der Waals surface area contributed by atoms with Crippen LogP contribution in [0.1, 0.15) is 19.4 Å². The Morgan fingerprint density at radius 2 is 1.95 bits per heavy atom. The largest absolute Gasteiger partial charge is 0.480 e. The zero-order chi connectivity index (χ0) is 15.3. The fourth-order valence-corrected chi connectivity index (χ4v) is 1.62. The van der Waals surface area contributed by atoms with E-state index in [-0.39, 0.29) is 23.6 Å². The number of carbonyl (C=O) groups is 2. The van der Waals surface area contributed by atoms with Crippen LogP contribution < -0.4 is 5.32 Å². The summed E-state index contributed by atoms with van der Waals surface area (Å²) in [7, 11) is 0. The Bertz CT molecular complexity index is 527. The number of hydrogen-bond donors (Lipinski definition) is 2. The molecule has 1 aromatic rings. The summed E-state index contributed by atoms with van der Waals surface area (Å²) in [5.41, 5.74) is 0.117. The highest BCUT2D eigenvalue weighted by Gasteiger charge is 2.25. The molecule has 0 aromatic heterocycles. The summed E-state index contributed by atoms with van der Waals surface area (Å²) in [5.74, 6) is -1.99. The van der Waals surface area contributed by atoms with Gasteiger partial charge in [-0.1, -0.05) is 32.0 Å². The Morgan fingerprint density at radius 1 is 1.35 bits per heavy atom. The molecular weight excluding hydrogens is 264 g/mol. The molecule has 2 N–H and O–H groups in total. The first kappa shape index (κ1) is 15.6. The van der Waals surface area contributed by atoms with E-state index in [4.69, 9.17) is 5.11 Å². The second-order valence-corrected chi connectivity index (χ2v) is 4.64. The van der Waals surface area contributed by atoms with Gasteiger partial charge < -0.3 is 10.4 Å². The van der Waals surface area contributed by atoms with Gasteiger partial charge in [0.1, 0.15) is 6.04 Å². The highest BCUT2D eigenvalue weighted by Crippen LogP contribution is 2.19. The Hall–Kier alpha value is -2.44. The van der Waals surface area contributed by atoms with E-state index in [1.165, 1.54) is 18.2 Å². The van der Waals surface area contributed by atoms with Crippen LogP contribution in [0.15, 0.2) is 24.3 Å². The van der Waals surface area contributed by atoms with E-state index < -0.39 is 22.8 Å². The number of benzene rings is 1. The maximum Gasteiger partial charge on any atom is 0.326 e. The number of nitro benzene ring substituents is 1. The van der Waals surface area contributed by atoms with Crippen molar-refractivity contribution in [2.45, 2.75) is 26.3 Å². The van der Waals surface area contributed by atoms with Crippen molar-refractivity contribution in [2.75, 3.05) is 0 Å². The highest BCUT2D eigenvalue weighted by atomic mass is 16.6. The number of aliphatic carboxylic acids is 1. The van der Waals surface area contributed by atoms with E-state index in [0.717, 1.165) is 0 Å². The predicted octanol–water partition coefficient (Wildman–Crippen LogP) is 1.36. The van der Waals surface area contributed by atoms with Crippen LogP contribution in [-0.4, -0.2) is 27.9 Å². The molecule has 108 valence electrons. The van der Waals surface area contributed by atoms with Gasteiger partial charge in [-0.15, -0.1) is 0 Å². The van der Waals surface area contributed by atoms with E-state index in [1.54, 1.807) is 19.9 Å². The van der Waals surface area contributed by atoms with Crippen LogP contribution in [0.2, 0.25) is 0 Å². The minimum Gasteiger partial charge on any atom is -0.480 e. The van der Waals surface area contributed by atoms with Crippen molar-refractivity contribution in [3.63, 3.8) is 0 Å². The number of nitrogens with one attached hydrogen (secondary N) is 1. The monoisotopic (exact) mass is 280 g/mol. The second kappa shape index (κ2) is 6.65. The molecule has 1 rings (SSSR count). The van der Waals surface area contributed by atoms with Gasteiger partial charge in [0, 0.05) is 24.0 Å². The van der Waals surface area contributed by atoms with Crippen molar-refractivity contribution >= 4 is 17.6 Å². The number of para-hydroxylation sites is 1. The van der Waals surface area contributed by atoms with Crippen molar-refractivity contribution in [1.82, 2.24) is 5.32 Å². The number of hydrogen-bond acceptors (Lipinski definition) is 4. The fraction of sp³-hybridized carbons (Fsp3) is 0.385. The average molecular weight is 280 g/mol. The van der Waals surface area contributed by atoms with E-state index in [0.29, 0.717) is 0 Å². The van der Waals surface area contributed by atoms with Gasteiger partial charge in [0.05, 0.1) is 4.92 Å². The normalized spacial score (nSPS) is 11.9. The molecular formula is C13H16N2O5. The predicted molar refractivity (Wildman–Crippen MR) is 71.2 cm³/mol. The zero-order valence-electron chi connectivity index (χ0n) is 11.2. The summed E-state index contributed by atoms with van der Waals surface area (Å²) in [6.45, 7) is 3.28. The quantitative estimate of drug-likeness (QED) is 0.604. The Labute approximate surface area is 115 Å². The van der Waals surface area contributed by atoms with Gasteiger partial charge in [0.25, 0.3) is 5.69 Å². The Morgan fingerprint density at radius 3 is 2.45 bits per heavy atom. The van der Waals surface area contributed by atoms with Crippen molar-refractivity contribution in [1.29, 1.82) is 0 Å². The topological polar surface area (TPSA) is 110 Å². The number of carboxylic acids is 1. The smallest absolute Gasteiger partial charge is 0.326 e. The first-order valence-electron chi connectivity index (χ1n) is 6.08. The molecule has 1 amide bonds. The van der Waals surface area contributed by atoms with Crippen molar-refractivity contribution < 1.29 is 19.6 Å². The van der Waals surface area contributed by atoms with Gasteiger partial charge in [0.2, 0.25) is 5.91 Å². The molecule has 0 fully saturated rings. The summed E-state index contributed by atoms with van der Waals surface area (Å²) < 4.78 is 0.